The van der Waals surface area contributed by atoms with Crippen LogP contribution >= 0.6 is 0 Å². The van der Waals surface area contributed by atoms with E-state index in [9.17, 15) is 10.2 Å². The third-order valence-electron chi connectivity index (χ3n) is 3.66. The van der Waals surface area contributed by atoms with Gasteiger partial charge in [-0.05, 0) is 54.2 Å². The van der Waals surface area contributed by atoms with Crippen molar-refractivity contribution in [3.63, 3.8) is 0 Å². The molecule has 1 aliphatic rings. The smallest absolute Gasteiger partial charge is 0.157 e. The van der Waals surface area contributed by atoms with E-state index in [-0.39, 0.29) is 11.5 Å². The first kappa shape index (κ1) is 11.1. The minimum Gasteiger partial charge on any atom is -0.504 e. The number of rotatable bonds is 1. The van der Waals surface area contributed by atoms with Crippen LogP contribution in [-0.2, 0) is 6.42 Å². The maximum atomic E-state index is 9.62. The van der Waals surface area contributed by atoms with Gasteiger partial charge in [0.2, 0.25) is 0 Å². The first-order chi connectivity index (χ1) is 8.75. The third-order valence-corrected chi connectivity index (χ3v) is 3.66. The second-order valence-electron chi connectivity index (χ2n) is 4.77. The van der Waals surface area contributed by atoms with Crippen LogP contribution < -0.4 is 0 Å². The van der Waals surface area contributed by atoms with Crippen LogP contribution in [0.15, 0.2) is 36.7 Å². The predicted octanol–water partition coefficient (Wildman–Crippen LogP) is 2.96. The van der Waals surface area contributed by atoms with Gasteiger partial charge in [-0.1, -0.05) is 6.07 Å². The number of hydrogen-bond donors (Lipinski definition) is 2. The van der Waals surface area contributed by atoms with Gasteiger partial charge in [0.1, 0.15) is 0 Å². The highest BCUT2D eigenvalue weighted by Crippen LogP contribution is 2.38. The number of hydrogen-bond acceptors (Lipinski definition) is 3. The second kappa shape index (κ2) is 4.33. The van der Waals surface area contributed by atoms with Gasteiger partial charge in [0.25, 0.3) is 0 Å². The summed E-state index contributed by atoms with van der Waals surface area (Å²) in [7, 11) is 0. The Hall–Kier alpha value is -2.03. The van der Waals surface area contributed by atoms with Crippen molar-refractivity contribution in [2.45, 2.75) is 25.2 Å². The molecule has 1 aromatic carbocycles. The van der Waals surface area contributed by atoms with Crippen molar-refractivity contribution in [1.82, 2.24) is 4.98 Å². The van der Waals surface area contributed by atoms with Crippen molar-refractivity contribution < 1.29 is 10.2 Å². The van der Waals surface area contributed by atoms with E-state index in [1.54, 1.807) is 12.1 Å². The Labute approximate surface area is 106 Å². The number of pyridine rings is 1. The molecule has 0 saturated heterocycles. The van der Waals surface area contributed by atoms with Gasteiger partial charge in [-0.2, -0.15) is 0 Å². The van der Waals surface area contributed by atoms with Crippen LogP contribution in [0.1, 0.15) is 35.4 Å². The molecule has 1 aliphatic carbocycles. The number of aryl methyl sites for hydroxylation is 1. The summed E-state index contributed by atoms with van der Waals surface area (Å²) in [5.41, 5.74) is 3.64. The highest BCUT2D eigenvalue weighted by atomic mass is 16.3. The van der Waals surface area contributed by atoms with E-state index in [4.69, 9.17) is 0 Å². The van der Waals surface area contributed by atoms with Crippen molar-refractivity contribution in [2.75, 3.05) is 0 Å². The van der Waals surface area contributed by atoms with Crippen LogP contribution in [0, 0.1) is 0 Å². The molecule has 92 valence electrons. The van der Waals surface area contributed by atoms with Crippen molar-refractivity contribution in [3.8, 4) is 11.5 Å². The molecule has 0 fully saturated rings. The molecule has 0 amide bonds. The fourth-order valence-corrected chi connectivity index (χ4v) is 2.74. The van der Waals surface area contributed by atoms with E-state index in [2.05, 4.69) is 11.1 Å². The molecule has 3 nitrogen and oxygen atoms in total. The predicted molar refractivity (Wildman–Crippen MR) is 68.8 cm³/mol. The average molecular weight is 241 g/mol. The number of phenols is 2. The van der Waals surface area contributed by atoms with Crippen LogP contribution in [0.2, 0.25) is 0 Å². The molecule has 1 unspecified atom stereocenters. The standard InChI is InChI=1S/C15H15NO2/c17-14-5-4-10(8-15(14)18)12-3-1-2-11-9-16-7-6-13(11)12/h4-9,12,17-18H,1-3H2. The molecule has 0 spiro atoms. The maximum absolute atomic E-state index is 9.62. The molecule has 18 heavy (non-hydrogen) atoms. The first-order valence-electron chi connectivity index (χ1n) is 6.20. The number of aromatic hydroxyl groups is 2. The molecule has 0 aliphatic heterocycles. The second-order valence-corrected chi connectivity index (χ2v) is 4.77. The van der Waals surface area contributed by atoms with E-state index in [1.807, 2.05) is 18.5 Å². The molecule has 0 radical (unpaired) electrons. The average Bonchev–Trinajstić information content (AvgIpc) is 2.41. The Kier molecular flexibility index (Phi) is 2.67. The lowest BCUT2D eigenvalue weighted by atomic mass is 9.80. The zero-order valence-corrected chi connectivity index (χ0v) is 10.0. The Morgan fingerprint density at radius 1 is 1.11 bits per heavy atom. The zero-order valence-electron chi connectivity index (χ0n) is 10.0. The fourth-order valence-electron chi connectivity index (χ4n) is 2.74. The molecule has 0 bridgehead atoms. The minimum atomic E-state index is -0.0653. The van der Waals surface area contributed by atoms with E-state index < -0.39 is 0 Å². The van der Waals surface area contributed by atoms with Gasteiger partial charge in [-0.15, -0.1) is 0 Å². The lowest BCUT2D eigenvalue weighted by Crippen LogP contribution is -2.11. The number of phenolic OH excluding ortho intramolecular Hbond substituents is 2. The molecule has 2 N–H and O–H groups in total. The molecule has 3 rings (SSSR count). The van der Waals surface area contributed by atoms with Gasteiger partial charge in [0.05, 0.1) is 0 Å². The first-order valence-corrected chi connectivity index (χ1v) is 6.20. The summed E-state index contributed by atoms with van der Waals surface area (Å²) >= 11 is 0. The summed E-state index contributed by atoms with van der Waals surface area (Å²) in [6, 6.07) is 7.16. The molecule has 0 saturated carbocycles. The van der Waals surface area contributed by atoms with Crippen LogP contribution in [0.3, 0.4) is 0 Å². The maximum Gasteiger partial charge on any atom is 0.157 e. The van der Waals surface area contributed by atoms with Gasteiger partial charge in [0, 0.05) is 18.3 Å². The Morgan fingerprint density at radius 3 is 2.83 bits per heavy atom. The van der Waals surface area contributed by atoms with Crippen molar-refractivity contribution in [1.29, 1.82) is 0 Å². The van der Waals surface area contributed by atoms with Crippen LogP contribution in [0.4, 0.5) is 0 Å². The molecule has 2 aromatic rings. The lowest BCUT2D eigenvalue weighted by Gasteiger charge is -2.25. The Morgan fingerprint density at radius 2 is 2.00 bits per heavy atom. The van der Waals surface area contributed by atoms with Crippen LogP contribution in [0.25, 0.3) is 0 Å². The van der Waals surface area contributed by atoms with Crippen LogP contribution in [-0.4, -0.2) is 15.2 Å². The molecule has 1 atom stereocenters. The number of aromatic nitrogens is 1. The number of fused-ring (bicyclic) bond motifs is 1. The summed E-state index contributed by atoms with van der Waals surface area (Å²) in [6.07, 6.45) is 7.02. The monoisotopic (exact) mass is 241 g/mol. The van der Waals surface area contributed by atoms with Crippen molar-refractivity contribution >= 4 is 0 Å². The number of nitrogens with zero attached hydrogens (tertiary/aromatic N) is 1. The summed E-state index contributed by atoms with van der Waals surface area (Å²) in [6.45, 7) is 0. The summed E-state index contributed by atoms with van der Waals surface area (Å²) < 4.78 is 0. The van der Waals surface area contributed by atoms with E-state index in [0.717, 1.165) is 24.8 Å². The van der Waals surface area contributed by atoms with E-state index in [1.165, 1.54) is 11.1 Å². The third kappa shape index (κ3) is 1.82. The Bertz CT molecular complexity index is 580. The highest BCUT2D eigenvalue weighted by molar-refractivity contribution is 5.46. The molecule has 1 heterocycles. The minimum absolute atomic E-state index is 0.0475. The van der Waals surface area contributed by atoms with Gasteiger partial charge in [-0.3, -0.25) is 4.98 Å². The van der Waals surface area contributed by atoms with E-state index in [0.29, 0.717) is 5.92 Å². The molecule has 3 heteroatoms. The summed E-state index contributed by atoms with van der Waals surface area (Å²) in [5, 5.41) is 19.0. The molecular formula is C15H15NO2. The lowest BCUT2D eigenvalue weighted by molar-refractivity contribution is 0.402. The van der Waals surface area contributed by atoms with Crippen molar-refractivity contribution in [2.24, 2.45) is 0 Å². The molecular weight excluding hydrogens is 226 g/mol. The van der Waals surface area contributed by atoms with Gasteiger partial charge in [-0.25, -0.2) is 0 Å². The molecule has 1 aromatic heterocycles. The van der Waals surface area contributed by atoms with Gasteiger partial charge >= 0.3 is 0 Å². The van der Waals surface area contributed by atoms with Crippen molar-refractivity contribution in [3.05, 3.63) is 53.3 Å². The van der Waals surface area contributed by atoms with Gasteiger partial charge in [0.15, 0.2) is 11.5 Å². The largest absolute Gasteiger partial charge is 0.504 e. The van der Waals surface area contributed by atoms with Crippen LogP contribution in [0.5, 0.6) is 11.5 Å². The highest BCUT2D eigenvalue weighted by Gasteiger charge is 2.22. The topological polar surface area (TPSA) is 53.4 Å². The summed E-state index contributed by atoms with van der Waals surface area (Å²) in [5.74, 6) is 0.182. The SMILES string of the molecule is Oc1ccc(C2CCCc3cnccc32)cc1O. The summed E-state index contributed by atoms with van der Waals surface area (Å²) in [4.78, 5) is 4.17. The van der Waals surface area contributed by atoms with E-state index >= 15 is 0 Å². The van der Waals surface area contributed by atoms with Gasteiger partial charge < -0.3 is 10.2 Å². The normalized spacial score (nSPS) is 18.3. The number of benzene rings is 1. The zero-order chi connectivity index (χ0) is 12.5. The Balaban J connectivity index is 2.05. The fraction of sp³-hybridized carbons (Fsp3) is 0.267. The quantitative estimate of drug-likeness (QED) is 0.755.